The number of amides is 1. The van der Waals surface area contributed by atoms with E-state index in [0.717, 1.165) is 18.7 Å². The van der Waals surface area contributed by atoms with Crippen LogP contribution in [0.15, 0.2) is 28.2 Å². The van der Waals surface area contributed by atoms with E-state index >= 15 is 0 Å². The maximum Gasteiger partial charge on any atom is 0.328 e. The third kappa shape index (κ3) is 3.25. The Bertz CT molecular complexity index is 843. The molecule has 8 heteroatoms. The van der Waals surface area contributed by atoms with Gasteiger partial charge in [-0.3, -0.25) is 19.1 Å². The third-order valence-electron chi connectivity index (χ3n) is 4.05. The van der Waals surface area contributed by atoms with Gasteiger partial charge in [0.1, 0.15) is 12.4 Å². The van der Waals surface area contributed by atoms with Gasteiger partial charge in [0.2, 0.25) is 5.91 Å². The predicted molar refractivity (Wildman–Crippen MR) is 82.9 cm³/mol. The van der Waals surface area contributed by atoms with E-state index in [1.54, 1.807) is 13.1 Å². The zero-order chi connectivity index (χ0) is 16.6. The number of carbonyl (C=O) groups is 1. The number of aryl methyl sites for hydroxylation is 2. The molecule has 0 aliphatic heterocycles. The summed E-state index contributed by atoms with van der Waals surface area (Å²) in [6.45, 7) is 1.46. The summed E-state index contributed by atoms with van der Waals surface area (Å²) >= 11 is 0. The van der Waals surface area contributed by atoms with Crippen molar-refractivity contribution < 1.29 is 4.79 Å². The van der Waals surface area contributed by atoms with Crippen molar-refractivity contribution in [3.05, 3.63) is 50.8 Å². The summed E-state index contributed by atoms with van der Waals surface area (Å²) in [6.07, 6.45) is 7.04. The highest BCUT2D eigenvalue weighted by atomic mass is 16.2. The van der Waals surface area contributed by atoms with E-state index in [9.17, 15) is 14.4 Å². The lowest BCUT2D eigenvalue weighted by atomic mass is 10.1. The van der Waals surface area contributed by atoms with Gasteiger partial charge in [0, 0.05) is 31.2 Å². The molecular weight excluding hydrogens is 298 g/mol. The van der Waals surface area contributed by atoms with E-state index in [0.29, 0.717) is 11.5 Å². The smallest absolute Gasteiger partial charge is 0.328 e. The van der Waals surface area contributed by atoms with Gasteiger partial charge in [0.15, 0.2) is 0 Å². The van der Waals surface area contributed by atoms with Gasteiger partial charge in [-0.15, -0.1) is 0 Å². The molecule has 0 radical (unpaired) electrons. The van der Waals surface area contributed by atoms with Crippen molar-refractivity contribution in [2.24, 2.45) is 13.0 Å². The Hall–Kier alpha value is -2.64. The fourth-order valence-corrected chi connectivity index (χ4v) is 2.61. The molecule has 1 amide bonds. The summed E-state index contributed by atoms with van der Waals surface area (Å²) < 4.78 is 3.09. The van der Waals surface area contributed by atoms with Gasteiger partial charge in [0.05, 0.1) is 6.04 Å². The van der Waals surface area contributed by atoms with Crippen LogP contribution in [0, 0.1) is 12.8 Å². The first kappa shape index (κ1) is 15.3. The number of hydrogen-bond donors (Lipinski definition) is 2. The lowest BCUT2D eigenvalue weighted by Crippen LogP contribution is -2.38. The fourth-order valence-electron chi connectivity index (χ4n) is 2.61. The summed E-state index contributed by atoms with van der Waals surface area (Å²) in [5.41, 5.74) is -0.633. The number of aromatic amines is 1. The lowest BCUT2D eigenvalue weighted by Gasteiger charge is -2.18. The van der Waals surface area contributed by atoms with E-state index in [-0.39, 0.29) is 18.5 Å². The molecule has 2 N–H and O–H groups in total. The number of rotatable bonds is 5. The first-order valence-corrected chi connectivity index (χ1v) is 7.52. The summed E-state index contributed by atoms with van der Waals surface area (Å²) in [5.74, 6) is 0.915. The van der Waals surface area contributed by atoms with Crippen molar-refractivity contribution in [3.8, 4) is 0 Å². The zero-order valence-corrected chi connectivity index (χ0v) is 13.1. The standard InChI is InChI=1S/C15H19N5O3/c1-9-7-20(15(23)18-14(9)22)8-11(21)17-12(10-3-4-10)13-16-5-6-19(13)2/h5-7,10,12H,3-4,8H2,1-2H3,(H,17,21)(H,18,22,23)/t12-/m0/s1. The average Bonchev–Trinajstić information content (AvgIpc) is 3.24. The molecule has 1 fully saturated rings. The monoisotopic (exact) mass is 317 g/mol. The predicted octanol–water partition coefficient (Wildman–Crippen LogP) is -0.154. The summed E-state index contributed by atoms with van der Waals surface area (Å²) in [7, 11) is 1.89. The minimum atomic E-state index is -0.587. The second-order valence-corrected chi connectivity index (χ2v) is 5.98. The Balaban J connectivity index is 1.76. The molecule has 0 saturated heterocycles. The molecule has 23 heavy (non-hydrogen) atoms. The molecule has 2 aromatic heterocycles. The number of H-pyrrole nitrogens is 1. The van der Waals surface area contributed by atoms with Crippen LogP contribution in [-0.2, 0) is 18.4 Å². The van der Waals surface area contributed by atoms with Crippen molar-refractivity contribution >= 4 is 5.91 Å². The molecule has 3 rings (SSSR count). The number of aromatic nitrogens is 4. The molecule has 1 aliphatic rings. The number of nitrogens with zero attached hydrogens (tertiary/aromatic N) is 3. The molecule has 0 unspecified atom stereocenters. The highest BCUT2D eigenvalue weighted by Gasteiger charge is 2.35. The summed E-state index contributed by atoms with van der Waals surface area (Å²) in [6, 6.07) is -0.151. The maximum atomic E-state index is 12.3. The van der Waals surface area contributed by atoms with Crippen LogP contribution in [0.2, 0.25) is 0 Å². The highest BCUT2D eigenvalue weighted by molar-refractivity contribution is 5.76. The molecule has 122 valence electrons. The second kappa shape index (κ2) is 5.86. The molecule has 0 aromatic carbocycles. The molecule has 0 spiro atoms. The van der Waals surface area contributed by atoms with Crippen LogP contribution in [0.1, 0.15) is 30.3 Å². The molecule has 1 aliphatic carbocycles. The topological polar surface area (TPSA) is 102 Å². The summed E-state index contributed by atoms with van der Waals surface area (Å²) in [4.78, 5) is 41.9. The van der Waals surface area contributed by atoms with E-state index in [2.05, 4.69) is 15.3 Å². The molecule has 8 nitrogen and oxygen atoms in total. The first-order chi connectivity index (χ1) is 11.0. The van der Waals surface area contributed by atoms with Gasteiger partial charge < -0.3 is 9.88 Å². The van der Waals surface area contributed by atoms with E-state index < -0.39 is 11.2 Å². The van der Waals surface area contributed by atoms with Gasteiger partial charge in [-0.25, -0.2) is 9.78 Å². The lowest BCUT2D eigenvalue weighted by molar-refractivity contribution is -0.122. The van der Waals surface area contributed by atoms with Gasteiger partial charge in [-0.05, 0) is 25.7 Å². The van der Waals surface area contributed by atoms with Gasteiger partial charge in [-0.1, -0.05) is 0 Å². The number of imidazole rings is 1. The Labute approximate surface area is 132 Å². The van der Waals surface area contributed by atoms with Gasteiger partial charge >= 0.3 is 5.69 Å². The van der Waals surface area contributed by atoms with Crippen molar-refractivity contribution in [3.63, 3.8) is 0 Å². The van der Waals surface area contributed by atoms with E-state index in [1.807, 2.05) is 17.8 Å². The zero-order valence-electron chi connectivity index (χ0n) is 13.1. The molecule has 0 bridgehead atoms. The molecule has 1 saturated carbocycles. The molecular formula is C15H19N5O3. The first-order valence-electron chi connectivity index (χ1n) is 7.52. The van der Waals surface area contributed by atoms with Gasteiger partial charge in [-0.2, -0.15) is 0 Å². The van der Waals surface area contributed by atoms with Crippen LogP contribution in [-0.4, -0.2) is 25.0 Å². The van der Waals surface area contributed by atoms with Crippen LogP contribution >= 0.6 is 0 Å². The Morgan fingerprint density at radius 3 is 2.83 bits per heavy atom. The largest absolute Gasteiger partial charge is 0.344 e. The third-order valence-corrected chi connectivity index (χ3v) is 4.05. The minimum Gasteiger partial charge on any atom is -0.344 e. The van der Waals surface area contributed by atoms with Gasteiger partial charge in [0.25, 0.3) is 5.56 Å². The number of hydrogen-bond acceptors (Lipinski definition) is 4. The summed E-state index contributed by atoms with van der Waals surface area (Å²) in [5, 5.41) is 2.96. The van der Waals surface area contributed by atoms with Crippen LogP contribution in [0.4, 0.5) is 0 Å². The maximum absolute atomic E-state index is 12.3. The van der Waals surface area contributed by atoms with Crippen molar-refractivity contribution in [1.82, 2.24) is 24.4 Å². The molecule has 1 atom stereocenters. The van der Waals surface area contributed by atoms with E-state index in [4.69, 9.17) is 0 Å². The highest BCUT2D eigenvalue weighted by Crippen LogP contribution is 2.40. The van der Waals surface area contributed by atoms with Crippen LogP contribution < -0.4 is 16.6 Å². The van der Waals surface area contributed by atoms with Crippen LogP contribution in [0.5, 0.6) is 0 Å². The van der Waals surface area contributed by atoms with Crippen LogP contribution in [0.25, 0.3) is 0 Å². The Morgan fingerprint density at radius 2 is 2.22 bits per heavy atom. The Kier molecular flexibility index (Phi) is 3.89. The van der Waals surface area contributed by atoms with Crippen molar-refractivity contribution in [2.45, 2.75) is 32.4 Å². The van der Waals surface area contributed by atoms with Crippen molar-refractivity contribution in [2.75, 3.05) is 0 Å². The SMILES string of the molecule is Cc1cn(CC(=O)N[C@H](c2nccn2C)C2CC2)c(=O)[nH]c1=O. The quantitative estimate of drug-likeness (QED) is 0.800. The van der Waals surface area contributed by atoms with Crippen LogP contribution in [0.3, 0.4) is 0 Å². The average molecular weight is 317 g/mol. The molecule has 2 aromatic rings. The molecule has 2 heterocycles. The van der Waals surface area contributed by atoms with E-state index in [1.165, 1.54) is 10.8 Å². The van der Waals surface area contributed by atoms with Crippen molar-refractivity contribution in [1.29, 1.82) is 0 Å². The normalized spacial score (nSPS) is 15.4. The second-order valence-electron chi connectivity index (χ2n) is 5.98. The number of carbonyl (C=O) groups excluding carboxylic acids is 1. The Morgan fingerprint density at radius 1 is 1.48 bits per heavy atom. The fraction of sp³-hybridized carbons (Fsp3) is 0.467. The number of nitrogens with one attached hydrogen (secondary N) is 2. The minimum absolute atomic E-state index is 0.135.